The number of ether oxygens (including phenoxy) is 1. The molecule has 21 heavy (non-hydrogen) atoms. The van der Waals surface area contributed by atoms with Crippen molar-refractivity contribution in [3.8, 4) is 0 Å². The van der Waals surface area contributed by atoms with E-state index >= 15 is 0 Å². The third-order valence-corrected chi connectivity index (χ3v) is 4.39. The monoisotopic (exact) mass is 348 g/mol. The topological polar surface area (TPSA) is 64.4 Å². The fraction of sp³-hybridized carbons (Fsp3) is 0.312. The van der Waals surface area contributed by atoms with E-state index in [1.165, 1.54) is 0 Å². The van der Waals surface area contributed by atoms with Gasteiger partial charge in [-0.1, -0.05) is 28.1 Å². The number of rotatable bonds is 2. The minimum Gasteiger partial charge on any atom is -0.381 e. The Morgan fingerprint density at radius 2 is 1.81 bits per heavy atom. The molecule has 1 aliphatic heterocycles. The van der Waals surface area contributed by atoms with Crippen LogP contribution in [0.3, 0.4) is 0 Å². The summed E-state index contributed by atoms with van der Waals surface area (Å²) >= 11 is 3.45. The van der Waals surface area contributed by atoms with E-state index in [1.807, 2.05) is 36.4 Å². The third kappa shape index (κ3) is 3.10. The average Bonchev–Trinajstić information content (AvgIpc) is 2.48. The first-order valence-corrected chi connectivity index (χ1v) is 7.74. The van der Waals surface area contributed by atoms with E-state index in [2.05, 4.69) is 21.2 Å². The molecule has 1 saturated heterocycles. The van der Waals surface area contributed by atoms with Crippen LogP contribution in [0, 0.1) is 0 Å². The second-order valence-electron chi connectivity index (χ2n) is 5.43. The molecule has 0 aliphatic carbocycles. The summed E-state index contributed by atoms with van der Waals surface area (Å²) < 4.78 is 6.31. The largest absolute Gasteiger partial charge is 0.381 e. The van der Waals surface area contributed by atoms with Crippen molar-refractivity contribution in [3.63, 3.8) is 0 Å². The molecule has 0 unspecified atom stereocenters. The molecule has 3 rings (SSSR count). The van der Waals surface area contributed by atoms with Crippen LogP contribution >= 0.6 is 15.9 Å². The Labute approximate surface area is 131 Å². The number of halogens is 1. The summed E-state index contributed by atoms with van der Waals surface area (Å²) in [6.07, 6.45) is 1.11. The lowest BCUT2D eigenvalue weighted by Gasteiger charge is -2.31. The maximum atomic E-state index is 12.4. The summed E-state index contributed by atoms with van der Waals surface area (Å²) in [5, 5.41) is 5.13. The maximum Gasteiger partial charge on any atom is 0.244 e. The highest BCUT2D eigenvalue weighted by molar-refractivity contribution is 9.10. The quantitative estimate of drug-likeness (QED) is 0.876. The minimum absolute atomic E-state index is 0.137. The molecule has 0 bridgehead atoms. The highest BCUT2D eigenvalue weighted by atomic mass is 79.9. The summed E-state index contributed by atoms with van der Waals surface area (Å²) in [6.45, 7) is 1.07. The van der Waals surface area contributed by atoms with Gasteiger partial charge >= 0.3 is 0 Å². The molecule has 4 nitrogen and oxygen atoms in total. The van der Waals surface area contributed by atoms with Crippen LogP contribution < -0.4 is 11.1 Å². The molecule has 2 aromatic carbocycles. The summed E-state index contributed by atoms with van der Waals surface area (Å²) in [4.78, 5) is 12.4. The van der Waals surface area contributed by atoms with Crippen molar-refractivity contribution in [2.75, 3.05) is 18.5 Å². The lowest BCUT2D eigenvalue weighted by atomic mass is 9.90. The molecular weight excluding hydrogens is 332 g/mol. The van der Waals surface area contributed by atoms with Crippen molar-refractivity contribution in [3.05, 3.63) is 40.9 Å². The number of benzene rings is 2. The Morgan fingerprint density at radius 3 is 2.57 bits per heavy atom. The van der Waals surface area contributed by atoms with Crippen LogP contribution in [0.1, 0.15) is 12.8 Å². The molecule has 3 N–H and O–H groups in total. The van der Waals surface area contributed by atoms with Gasteiger partial charge in [-0.3, -0.25) is 4.79 Å². The van der Waals surface area contributed by atoms with Crippen LogP contribution in [0.2, 0.25) is 0 Å². The van der Waals surface area contributed by atoms with E-state index in [9.17, 15) is 4.79 Å². The number of nitrogens with two attached hydrogens (primary N) is 1. The van der Waals surface area contributed by atoms with E-state index < -0.39 is 5.54 Å². The number of anilines is 1. The number of nitrogens with one attached hydrogen (secondary N) is 1. The van der Waals surface area contributed by atoms with Crippen LogP contribution in [0.15, 0.2) is 40.9 Å². The van der Waals surface area contributed by atoms with Crippen molar-refractivity contribution in [1.29, 1.82) is 0 Å². The maximum absolute atomic E-state index is 12.4. The number of carbonyl (C=O) groups is 1. The molecule has 1 aliphatic rings. The molecule has 5 heteroatoms. The van der Waals surface area contributed by atoms with E-state index in [4.69, 9.17) is 10.5 Å². The summed E-state index contributed by atoms with van der Waals surface area (Å²) in [7, 11) is 0. The Bertz CT molecular complexity index is 681. The van der Waals surface area contributed by atoms with Crippen LogP contribution in [-0.4, -0.2) is 24.7 Å². The van der Waals surface area contributed by atoms with Gasteiger partial charge in [-0.25, -0.2) is 0 Å². The Morgan fingerprint density at radius 1 is 1.14 bits per heavy atom. The van der Waals surface area contributed by atoms with Gasteiger partial charge in [0.15, 0.2) is 0 Å². The molecule has 0 radical (unpaired) electrons. The first-order valence-electron chi connectivity index (χ1n) is 6.94. The SMILES string of the molecule is NC1(C(=O)Nc2ccc3cc(Br)ccc3c2)CCOCC1. The Kier molecular flexibility index (Phi) is 3.97. The molecule has 110 valence electrons. The van der Waals surface area contributed by atoms with Gasteiger partial charge < -0.3 is 15.8 Å². The fourth-order valence-electron chi connectivity index (χ4n) is 2.51. The summed E-state index contributed by atoms with van der Waals surface area (Å²) in [5.41, 5.74) is 6.13. The Balaban J connectivity index is 1.81. The number of hydrogen-bond donors (Lipinski definition) is 2. The number of hydrogen-bond acceptors (Lipinski definition) is 3. The molecular formula is C16H17BrN2O2. The predicted octanol–water partition coefficient (Wildman–Crippen LogP) is 3.05. The van der Waals surface area contributed by atoms with Gasteiger partial charge in [0.2, 0.25) is 5.91 Å². The highest BCUT2D eigenvalue weighted by Gasteiger charge is 2.35. The number of fused-ring (bicyclic) bond motifs is 1. The highest BCUT2D eigenvalue weighted by Crippen LogP contribution is 2.25. The van der Waals surface area contributed by atoms with Crippen LogP contribution in [0.5, 0.6) is 0 Å². The molecule has 0 aromatic heterocycles. The molecule has 1 heterocycles. The van der Waals surface area contributed by atoms with Crippen molar-refractivity contribution in [2.24, 2.45) is 5.73 Å². The summed E-state index contributed by atoms with van der Waals surface area (Å²) in [6, 6.07) is 11.9. The van der Waals surface area contributed by atoms with Gasteiger partial charge in [0.1, 0.15) is 5.54 Å². The average molecular weight is 349 g/mol. The van der Waals surface area contributed by atoms with Gasteiger partial charge in [-0.15, -0.1) is 0 Å². The molecule has 0 saturated carbocycles. The molecule has 0 spiro atoms. The van der Waals surface area contributed by atoms with Gasteiger partial charge in [-0.05, 0) is 47.9 Å². The molecule has 1 amide bonds. The summed E-state index contributed by atoms with van der Waals surface area (Å²) in [5.74, 6) is -0.137. The van der Waals surface area contributed by atoms with Gasteiger partial charge in [-0.2, -0.15) is 0 Å². The standard InChI is InChI=1S/C16H17BrN2O2/c17-13-3-1-12-10-14(4-2-11(12)9-13)19-15(20)16(18)5-7-21-8-6-16/h1-4,9-10H,5-8,18H2,(H,19,20). The van der Waals surface area contributed by atoms with Crippen molar-refractivity contribution < 1.29 is 9.53 Å². The molecule has 0 atom stereocenters. The molecule has 1 fully saturated rings. The number of carbonyl (C=O) groups excluding carboxylic acids is 1. The van der Waals surface area contributed by atoms with Gasteiger partial charge in [0.25, 0.3) is 0 Å². The Hall–Kier alpha value is -1.43. The van der Waals surface area contributed by atoms with E-state index in [0.29, 0.717) is 26.1 Å². The second-order valence-corrected chi connectivity index (χ2v) is 6.34. The zero-order valence-electron chi connectivity index (χ0n) is 11.6. The fourth-order valence-corrected chi connectivity index (χ4v) is 2.89. The zero-order valence-corrected chi connectivity index (χ0v) is 13.2. The van der Waals surface area contributed by atoms with Crippen molar-refractivity contribution >= 4 is 38.3 Å². The van der Waals surface area contributed by atoms with Gasteiger partial charge in [0.05, 0.1) is 0 Å². The smallest absolute Gasteiger partial charge is 0.244 e. The van der Waals surface area contributed by atoms with Gasteiger partial charge in [0, 0.05) is 23.4 Å². The van der Waals surface area contributed by atoms with Crippen molar-refractivity contribution in [1.82, 2.24) is 0 Å². The lowest BCUT2D eigenvalue weighted by Crippen LogP contribution is -2.54. The first-order chi connectivity index (χ1) is 10.1. The normalized spacial score (nSPS) is 17.6. The van der Waals surface area contributed by atoms with Crippen LogP contribution in [0.25, 0.3) is 10.8 Å². The lowest BCUT2D eigenvalue weighted by molar-refractivity contribution is -0.124. The van der Waals surface area contributed by atoms with Crippen LogP contribution in [0.4, 0.5) is 5.69 Å². The van der Waals surface area contributed by atoms with E-state index in [-0.39, 0.29) is 5.91 Å². The molecule has 2 aromatic rings. The second kappa shape index (κ2) is 5.75. The van der Waals surface area contributed by atoms with Crippen LogP contribution in [-0.2, 0) is 9.53 Å². The third-order valence-electron chi connectivity index (χ3n) is 3.90. The zero-order chi connectivity index (χ0) is 14.9. The van der Waals surface area contributed by atoms with Crippen molar-refractivity contribution in [2.45, 2.75) is 18.4 Å². The van der Waals surface area contributed by atoms with E-state index in [0.717, 1.165) is 20.9 Å². The number of amides is 1. The minimum atomic E-state index is -0.826. The van der Waals surface area contributed by atoms with E-state index in [1.54, 1.807) is 0 Å². The predicted molar refractivity (Wildman–Crippen MR) is 87.2 cm³/mol. The first kappa shape index (κ1) is 14.5.